The van der Waals surface area contributed by atoms with E-state index >= 15 is 0 Å². The number of hydrogen-bond acceptors (Lipinski definition) is 3. The van der Waals surface area contributed by atoms with Gasteiger partial charge in [0.15, 0.2) is 0 Å². The highest BCUT2D eigenvalue weighted by atomic mass is 28.2. The van der Waals surface area contributed by atoms with Crippen molar-refractivity contribution < 1.29 is 13.9 Å². The van der Waals surface area contributed by atoms with Crippen LogP contribution in [0.5, 0.6) is 0 Å². The minimum atomic E-state index is 0.639. The minimum Gasteiger partial charge on any atom is -0.415 e. The maximum Gasteiger partial charge on any atom is 0.229 e. The average Bonchev–Trinajstić information content (AvgIpc) is 2.43. The maximum atomic E-state index is 5.51. The summed E-state index contributed by atoms with van der Waals surface area (Å²) in [6, 6.07) is 1.19. The monoisotopic (exact) mass is 288 g/mol. The lowest BCUT2D eigenvalue weighted by Gasteiger charge is -2.06. The van der Waals surface area contributed by atoms with E-state index in [1.54, 1.807) is 0 Å². The first-order valence-corrected chi connectivity index (χ1v) is 9.03. The summed E-state index contributed by atoms with van der Waals surface area (Å²) in [5.41, 5.74) is 0. The molecule has 19 heavy (non-hydrogen) atoms. The van der Waals surface area contributed by atoms with Crippen LogP contribution in [-0.2, 0) is 13.9 Å². The predicted molar refractivity (Wildman–Crippen MR) is 81.8 cm³/mol. The second-order valence-electron chi connectivity index (χ2n) is 4.74. The quantitative estimate of drug-likeness (QED) is 0.319. The van der Waals surface area contributed by atoms with Crippen molar-refractivity contribution in [1.82, 2.24) is 0 Å². The largest absolute Gasteiger partial charge is 0.415 e. The van der Waals surface area contributed by atoms with Crippen molar-refractivity contribution in [3.8, 4) is 0 Å². The molecule has 0 unspecified atom stereocenters. The van der Waals surface area contributed by atoms with Gasteiger partial charge in [-0.25, -0.2) is 0 Å². The molecule has 0 bridgehead atoms. The summed E-state index contributed by atoms with van der Waals surface area (Å²) in [6.07, 6.45) is 8.99. The normalized spacial score (nSPS) is 11.1. The Bertz CT molecular complexity index is 140. The zero-order chi connectivity index (χ0) is 14.0. The van der Waals surface area contributed by atoms with Crippen molar-refractivity contribution in [1.29, 1.82) is 0 Å². The van der Waals surface area contributed by atoms with Gasteiger partial charge in [-0.15, -0.1) is 0 Å². The second-order valence-corrected chi connectivity index (χ2v) is 5.81. The third kappa shape index (κ3) is 18.1. The van der Waals surface area contributed by atoms with E-state index in [2.05, 4.69) is 13.8 Å². The molecule has 0 saturated heterocycles. The first kappa shape index (κ1) is 19.1. The summed E-state index contributed by atoms with van der Waals surface area (Å²) >= 11 is 0. The predicted octanol–water partition coefficient (Wildman–Crippen LogP) is 3.84. The molecule has 114 valence electrons. The molecule has 0 amide bonds. The molecule has 0 aromatic heterocycles. The molecule has 0 rings (SSSR count). The van der Waals surface area contributed by atoms with Crippen LogP contribution in [0, 0.1) is 0 Å². The maximum absolute atomic E-state index is 5.51. The van der Waals surface area contributed by atoms with Crippen LogP contribution in [0.25, 0.3) is 0 Å². The first-order valence-electron chi connectivity index (χ1n) is 7.92. The van der Waals surface area contributed by atoms with Crippen LogP contribution in [0.4, 0.5) is 0 Å². The third-order valence-corrected chi connectivity index (χ3v) is 3.79. The van der Waals surface area contributed by atoms with Gasteiger partial charge in [0, 0.05) is 6.61 Å². The Hall–Kier alpha value is 0.0969. The lowest BCUT2D eigenvalue weighted by molar-refractivity contribution is 0.0355. The average molecular weight is 289 g/mol. The Balaban J connectivity index is 2.88. The summed E-state index contributed by atoms with van der Waals surface area (Å²) in [6.45, 7) is 8.14. The van der Waals surface area contributed by atoms with Crippen LogP contribution in [0.15, 0.2) is 0 Å². The van der Waals surface area contributed by atoms with E-state index in [9.17, 15) is 0 Å². The number of ether oxygens (including phenoxy) is 2. The summed E-state index contributed by atoms with van der Waals surface area (Å²) < 4.78 is 16.4. The Labute approximate surface area is 122 Å². The van der Waals surface area contributed by atoms with Gasteiger partial charge in [-0.1, -0.05) is 52.4 Å². The van der Waals surface area contributed by atoms with Crippen molar-refractivity contribution in [2.75, 3.05) is 33.0 Å². The van der Waals surface area contributed by atoms with Gasteiger partial charge in [-0.3, -0.25) is 0 Å². The Morgan fingerprint density at radius 1 is 0.632 bits per heavy atom. The number of rotatable bonds is 16. The molecule has 2 radical (unpaired) electrons. The Morgan fingerprint density at radius 2 is 1.26 bits per heavy atom. The molecule has 0 N–H and O–H groups in total. The van der Waals surface area contributed by atoms with Gasteiger partial charge in [-0.2, -0.15) is 0 Å². The van der Waals surface area contributed by atoms with Crippen LogP contribution in [-0.4, -0.2) is 42.8 Å². The van der Waals surface area contributed by atoms with E-state index < -0.39 is 0 Å². The van der Waals surface area contributed by atoms with E-state index in [1.807, 2.05) is 0 Å². The van der Waals surface area contributed by atoms with Gasteiger partial charge in [0.2, 0.25) is 9.76 Å². The first-order chi connectivity index (χ1) is 9.41. The van der Waals surface area contributed by atoms with Crippen molar-refractivity contribution in [3.05, 3.63) is 0 Å². The zero-order valence-electron chi connectivity index (χ0n) is 12.9. The van der Waals surface area contributed by atoms with Gasteiger partial charge in [0.05, 0.1) is 26.4 Å². The van der Waals surface area contributed by atoms with Crippen LogP contribution < -0.4 is 0 Å². The minimum absolute atomic E-state index is 0.639. The van der Waals surface area contributed by atoms with Gasteiger partial charge >= 0.3 is 0 Å². The summed E-state index contributed by atoms with van der Waals surface area (Å²) in [4.78, 5) is 0. The molecule has 0 aliphatic carbocycles. The highest BCUT2D eigenvalue weighted by molar-refractivity contribution is 6.26. The highest BCUT2D eigenvalue weighted by Crippen LogP contribution is 2.02. The lowest BCUT2D eigenvalue weighted by Crippen LogP contribution is -2.11. The fourth-order valence-corrected chi connectivity index (χ4v) is 2.49. The van der Waals surface area contributed by atoms with Crippen LogP contribution >= 0.6 is 0 Å². The van der Waals surface area contributed by atoms with E-state index in [0.29, 0.717) is 29.6 Å². The molecule has 0 aromatic carbocycles. The van der Waals surface area contributed by atoms with Gasteiger partial charge in [0.25, 0.3) is 0 Å². The molecule has 3 nitrogen and oxygen atoms in total. The van der Waals surface area contributed by atoms with Crippen molar-refractivity contribution in [3.63, 3.8) is 0 Å². The Kier molecular flexibility index (Phi) is 18.2. The topological polar surface area (TPSA) is 27.7 Å². The fraction of sp³-hybridized carbons (Fsp3) is 1.00. The van der Waals surface area contributed by atoms with Gasteiger partial charge in [-0.05, 0) is 12.5 Å². The summed E-state index contributed by atoms with van der Waals surface area (Å²) in [5.74, 6) is 0. The Morgan fingerprint density at radius 3 is 2.00 bits per heavy atom. The molecule has 0 fully saturated rings. The zero-order valence-corrected chi connectivity index (χ0v) is 13.9. The van der Waals surface area contributed by atoms with Crippen LogP contribution in [0.3, 0.4) is 0 Å². The number of unbranched alkanes of at least 4 members (excludes halogenated alkanes) is 5. The molecule has 0 heterocycles. The molecular weight excluding hydrogens is 256 g/mol. The van der Waals surface area contributed by atoms with Crippen LogP contribution in [0.2, 0.25) is 6.04 Å². The lowest BCUT2D eigenvalue weighted by atomic mass is 10.2. The molecule has 0 saturated carbocycles. The second kappa shape index (κ2) is 18.1. The van der Waals surface area contributed by atoms with Crippen LogP contribution in [0.1, 0.15) is 58.8 Å². The van der Waals surface area contributed by atoms with Gasteiger partial charge < -0.3 is 13.9 Å². The highest BCUT2D eigenvalue weighted by Gasteiger charge is 1.93. The van der Waals surface area contributed by atoms with Gasteiger partial charge in [0.1, 0.15) is 0 Å². The molecule has 0 aliphatic heterocycles. The number of hydrogen-bond donors (Lipinski definition) is 0. The van der Waals surface area contributed by atoms with E-state index in [-0.39, 0.29) is 0 Å². The van der Waals surface area contributed by atoms with E-state index in [0.717, 1.165) is 13.2 Å². The van der Waals surface area contributed by atoms with Crippen molar-refractivity contribution in [2.45, 2.75) is 64.8 Å². The SMILES string of the molecule is CCCCCCCOCCOCCO[Si]CCCC. The smallest absolute Gasteiger partial charge is 0.229 e. The van der Waals surface area contributed by atoms with Crippen molar-refractivity contribution in [2.24, 2.45) is 0 Å². The van der Waals surface area contributed by atoms with E-state index in [4.69, 9.17) is 13.9 Å². The molecule has 0 aromatic rings. The third-order valence-electron chi connectivity index (χ3n) is 2.83. The molecule has 0 atom stereocenters. The molecule has 0 aliphatic rings. The fourth-order valence-electron chi connectivity index (χ4n) is 1.62. The molecular formula is C15H32O3Si. The summed E-state index contributed by atoms with van der Waals surface area (Å²) in [5, 5.41) is 0. The van der Waals surface area contributed by atoms with Crippen molar-refractivity contribution >= 4 is 9.76 Å². The standard InChI is InChI=1S/C15H32O3Si/c1-3-5-7-8-9-10-16-11-12-17-13-14-18-19-15-6-4-2/h3-15H2,1-2H3. The summed E-state index contributed by atoms with van der Waals surface area (Å²) in [7, 11) is 0.639. The van der Waals surface area contributed by atoms with E-state index in [1.165, 1.54) is 51.0 Å². The molecule has 0 spiro atoms. The molecule has 4 heteroatoms.